The summed E-state index contributed by atoms with van der Waals surface area (Å²) in [5.41, 5.74) is 1.31. The summed E-state index contributed by atoms with van der Waals surface area (Å²) in [6.07, 6.45) is 2.87. The van der Waals surface area contributed by atoms with Gasteiger partial charge in [-0.2, -0.15) is 0 Å². The first kappa shape index (κ1) is 26.7. The van der Waals surface area contributed by atoms with Gasteiger partial charge in [-0.1, -0.05) is 18.2 Å². The smallest absolute Gasteiger partial charge is 0.404 e. The topological polar surface area (TPSA) is 118 Å². The number of aromatic nitrogens is 1. The van der Waals surface area contributed by atoms with E-state index in [0.717, 1.165) is 43.1 Å². The molecule has 1 aliphatic heterocycles. The third-order valence-corrected chi connectivity index (χ3v) is 7.47. The first-order valence-corrected chi connectivity index (χ1v) is 13.1. The van der Waals surface area contributed by atoms with Crippen molar-refractivity contribution in [1.29, 1.82) is 0 Å². The molecule has 2 aliphatic rings. The van der Waals surface area contributed by atoms with E-state index < -0.39 is 6.09 Å². The van der Waals surface area contributed by atoms with Crippen LogP contribution >= 0.6 is 0 Å². The van der Waals surface area contributed by atoms with E-state index in [2.05, 4.69) is 15.5 Å². The number of carboxylic acid groups (broad SMARTS) is 1. The van der Waals surface area contributed by atoms with E-state index in [1.807, 2.05) is 54.2 Å². The molecule has 1 aromatic carbocycles. The summed E-state index contributed by atoms with van der Waals surface area (Å²) < 4.78 is 0. The molecule has 1 aliphatic carbocycles. The number of nitrogens with zero attached hydrogens (tertiary/aromatic N) is 4. The third-order valence-electron chi connectivity index (χ3n) is 7.47. The van der Waals surface area contributed by atoms with Crippen molar-refractivity contribution in [2.24, 2.45) is 11.8 Å². The second-order valence-electron chi connectivity index (χ2n) is 10.4. The van der Waals surface area contributed by atoms with Gasteiger partial charge in [0.05, 0.1) is 17.6 Å². The minimum atomic E-state index is -0.978. The van der Waals surface area contributed by atoms with Gasteiger partial charge in [-0.3, -0.25) is 9.59 Å². The molecule has 4 rings (SSSR count). The van der Waals surface area contributed by atoms with Gasteiger partial charge in [0, 0.05) is 44.7 Å². The number of nitrogens with one attached hydrogen (secondary N) is 2. The first-order chi connectivity index (χ1) is 17.8. The number of benzene rings is 1. The van der Waals surface area contributed by atoms with Gasteiger partial charge in [0.2, 0.25) is 5.91 Å². The largest absolute Gasteiger partial charge is 0.465 e. The molecule has 10 nitrogen and oxygen atoms in total. The van der Waals surface area contributed by atoms with Crippen LogP contribution in [0.1, 0.15) is 36.0 Å². The molecule has 3 amide bonds. The van der Waals surface area contributed by atoms with Gasteiger partial charge in [0.1, 0.15) is 5.82 Å². The lowest BCUT2D eigenvalue weighted by atomic mass is 9.82. The van der Waals surface area contributed by atoms with E-state index in [-0.39, 0.29) is 18.4 Å². The summed E-state index contributed by atoms with van der Waals surface area (Å²) in [6, 6.07) is 9.43. The van der Waals surface area contributed by atoms with Crippen molar-refractivity contribution in [3.63, 3.8) is 0 Å². The van der Waals surface area contributed by atoms with Gasteiger partial charge < -0.3 is 30.4 Å². The molecule has 2 aromatic rings. The van der Waals surface area contributed by atoms with Crippen molar-refractivity contribution in [2.45, 2.75) is 25.7 Å². The molecular weight excluding hydrogens is 472 g/mol. The molecule has 1 saturated heterocycles. The summed E-state index contributed by atoms with van der Waals surface area (Å²) >= 11 is 0. The maximum atomic E-state index is 13.3. The third kappa shape index (κ3) is 7.09. The van der Waals surface area contributed by atoms with E-state index in [1.165, 1.54) is 0 Å². The van der Waals surface area contributed by atoms with E-state index in [1.54, 1.807) is 0 Å². The molecule has 0 unspecified atom stereocenters. The van der Waals surface area contributed by atoms with E-state index in [0.29, 0.717) is 55.9 Å². The lowest BCUT2D eigenvalue weighted by Crippen LogP contribution is -2.52. The van der Waals surface area contributed by atoms with Crippen LogP contribution in [-0.4, -0.2) is 97.7 Å². The Morgan fingerprint density at radius 3 is 2.38 bits per heavy atom. The Morgan fingerprint density at radius 2 is 1.73 bits per heavy atom. The number of likely N-dealkylation sites (N-methyl/N-ethyl adjacent to an activating group) is 1. The van der Waals surface area contributed by atoms with E-state index in [9.17, 15) is 14.4 Å². The standard InChI is InChI=1S/C27H38N6O4/c1-31(2)11-12-32-13-14-33(18-25(32)34)24-15-22(21-5-3-4-6-23(21)30-24)26(35)28-16-19-7-9-20(10-8-19)17-29-27(36)37/h3-6,15,19-20,29H,7-14,16-18H2,1-2H3,(H,28,35)(H,36,37)/t19-,20-. The van der Waals surface area contributed by atoms with Crippen molar-refractivity contribution < 1.29 is 19.5 Å². The highest BCUT2D eigenvalue weighted by Gasteiger charge is 2.27. The van der Waals surface area contributed by atoms with Crippen molar-refractivity contribution in [2.75, 3.05) is 64.8 Å². The van der Waals surface area contributed by atoms with Crippen LogP contribution in [0.2, 0.25) is 0 Å². The zero-order valence-corrected chi connectivity index (χ0v) is 21.8. The second-order valence-corrected chi connectivity index (χ2v) is 10.4. The minimum Gasteiger partial charge on any atom is -0.465 e. The van der Waals surface area contributed by atoms with Crippen molar-refractivity contribution in [3.8, 4) is 0 Å². The summed E-state index contributed by atoms with van der Waals surface area (Å²) in [5, 5.41) is 15.2. The molecule has 200 valence electrons. The molecule has 10 heteroatoms. The number of anilines is 1. The Labute approximate surface area is 218 Å². The van der Waals surface area contributed by atoms with Crippen LogP contribution in [0.15, 0.2) is 30.3 Å². The zero-order valence-electron chi connectivity index (χ0n) is 21.8. The average Bonchev–Trinajstić information content (AvgIpc) is 2.89. The molecular formula is C27H38N6O4. The maximum Gasteiger partial charge on any atom is 0.404 e. The van der Waals surface area contributed by atoms with Crippen molar-refractivity contribution in [1.82, 2.24) is 25.4 Å². The Hall–Kier alpha value is -3.40. The average molecular weight is 511 g/mol. The van der Waals surface area contributed by atoms with Crippen molar-refractivity contribution in [3.05, 3.63) is 35.9 Å². The van der Waals surface area contributed by atoms with Crippen LogP contribution in [0.5, 0.6) is 0 Å². The van der Waals surface area contributed by atoms with Crippen LogP contribution in [0.25, 0.3) is 10.9 Å². The number of carbonyl (C=O) groups excluding carboxylic acids is 2. The number of hydrogen-bond acceptors (Lipinski definition) is 6. The van der Waals surface area contributed by atoms with Gasteiger partial charge in [0.25, 0.3) is 5.91 Å². The maximum absolute atomic E-state index is 13.3. The lowest BCUT2D eigenvalue weighted by Gasteiger charge is -2.35. The lowest BCUT2D eigenvalue weighted by molar-refractivity contribution is -0.131. The number of carbonyl (C=O) groups is 3. The molecule has 2 fully saturated rings. The number of fused-ring (bicyclic) bond motifs is 1. The molecule has 3 N–H and O–H groups in total. The fourth-order valence-corrected chi connectivity index (χ4v) is 5.18. The van der Waals surface area contributed by atoms with Gasteiger partial charge in [-0.05, 0) is 63.7 Å². The Kier molecular flexibility index (Phi) is 8.81. The van der Waals surface area contributed by atoms with Crippen LogP contribution < -0.4 is 15.5 Å². The normalized spacial score (nSPS) is 20.4. The highest BCUT2D eigenvalue weighted by Crippen LogP contribution is 2.28. The summed E-state index contributed by atoms with van der Waals surface area (Å²) in [4.78, 5) is 47.5. The van der Waals surface area contributed by atoms with Gasteiger partial charge in [-0.15, -0.1) is 0 Å². The monoisotopic (exact) mass is 510 g/mol. The number of hydrogen-bond donors (Lipinski definition) is 3. The van der Waals surface area contributed by atoms with Gasteiger partial charge >= 0.3 is 6.09 Å². The molecule has 37 heavy (non-hydrogen) atoms. The van der Waals surface area contributed by atoms with Gasteiger partial charge in [0.15, 0.2) is 0 Å². The van der Waals surface area contributed by atoms with Crippen LogP contribution in [-0.2, 0) is 4.79 Å². The molecule has 2 heterocycles. The predicted molar refractivity (Wildman–Crippen MR) is 143 cm³/mol. The Bertz CT molecular complexity index is 1120. The predicted octanol–water partition coefficient (Wildman–Crippen LogP) is 2.25. The molecule has 0 bridgehead atoms. The SMILES string of the molecule is CN(C)CCN1CCN(c2cc(C(=O)NC[C@H]3CC[C@H](CNC(=O)O)CC3)c3ccccc3n2)CC1=O. The zero-order chi connectivity index (χ0) is 26.4. The molecule has 0 atom stereocenters. The summed E-state index contributed by atoms with van der Waals surface area (Å²) in [5.74, 6) is 1.33. The first-order valence-electron chi connectivity index (χ1n) is 13.1. The van der Waals surface area contributed by atoms with E-state index >= 15 is 0 Å². The number of rotatable bonds is 9. The fourth-order valence-electron chi connectivity index (χ4n) is 5.18. The van der Waals surface area contributed by atoms with E-state index in [4.69, 9.17) is 10.1 Å². The number of piperazine rings is 1. The fraction of sp³-hybridized carbons (Fsp3) is 0.556. The highest BCUT2D eigenvalue weighted by molar-refractivity contribution is 6.07. The van der Waals surface area contributed by atoms with Crippen LogP contribution in [0.3, 0.4) is 0 Å². The Morgan fingerprint density at radius 1 is 1.05 bits per heavy atom. The Balaban J connectivity index is 1.40. The molecule has 1 aromatic heterocycles. The highest BCUT2D eigenvalue weighted by atomic mass is 16.4. The molecule has 1 saturated carbocycles. The van der Waals surface area contributed by atoms with Crippen LogP contribution in [0, 0.1) is 11.8 Å². The quantitative estimate of drug-likeness (QED) is 0.474. The van der Waals surface area contributed by atoms with Crippen LogP contribution in [0.4, 0.5) is 10.6 Å². The summed E-state index contributed by atoms with van der Waals surface area (Å²) in [6.45, 7) is 4.17. The summed E-state index contributed by atoms with van der Waals surface area (Å²) in [7, 11) is 3.99. The van der Waals surface area contributed by atoms with Gasteiger partial charge in [-0.25, -0.2) is 9.78 Å². The van der Waals surface area contributed by atoms with Crippen molar-refractivity contribution >= 4 is 34.6 Å². The number of para-hydroxylation sites is 1. The minimum absolute atomic E-state index is 0.0724. The molecule has 0 radical (unpaired) electrons. The number of amides is 3. The second kappa shape index (κ2) is 12.2. The number of pyridine rings is 1. The molecule has 0 spiro atoms.